The Morgan fingerprint density at radius 2 is 2.06 bits per heavy atom. The average molecular weight is 315 g/mol. The highest BCUT2D eigenvalue weighted by Gasteiger charge is 2.21. The van der Waals surface area contributed by atoms with Gasteiger partial charge in [-0.3, -0.25) is 0 Å². The van der Waals surface area contributed by atoms with Crippen LogP contribution in [0.2, 0.25) is 0 Å². The topological polar surface area (TPSA) is 69.6 Å². The molecule has 0 bridgehead atoms. The summed E-state index contributed by atoms with van der Waals surface area (Å²) in [6.07, 6.45) is 0. The summed E-state index contributed by atoms with van der Waals surface area (Å²) in [4.78, 5) is 23.8. The van der Waals surface area contributed by atoms with Crippen molar-refractivity contribution in [1.82, 2.24) is 4.90 Å². The molecule has 0 aliphatic heterocycles. The van der Waals surface area contributed by atoms with Crippen molar-refractivity contribution >= 4 is 33.6 Å². The van der Waals surface area contributed by atoms with Gasteiger partial charge in [0.2, 0.25) is 0 Å². The number of halogens is 1. The third kappa shape index (κ3) is 3.46. The van der Waals surface area contributed by atoms with E-state index in [-0.39, 0.29) is 0 Å². The van der Waals surface area contributed by atoms with Crippen LogP contribution in [0.25, 0.3) is 0 Å². The molecule has 0 spiro atoms. The molecule has 0 aliphatic rings. The number of nitrogens with one attached hydrogen (secondary N) is 1. The molecular weight excluding hydrogens is 300 g/mol. The van der Waals surface area contributed by atoms with Crippen LogP contribution < -0.4 is 5.32 Å². The van der Waals surface area contributed by atoms with Crippen LogP contribution in [0.1, 0.15) is 12.5 Å². The lowest BCUT2D eigenvalue weighted by atomic mass is 10.2. The quantitative estimate of drug-likeness (QED) is 0.901. The Bertz CT molecular complexity index is 476. The van der Waals surface area contributed by atoms with Crippen LogP contribution in [-0.4, -0.2) is 35.1 Å². The number of aryl methyl sites for hydroxylation is 1. The summed E-state index contributed by atoms with van der Waals surface area (Å²) in [5, 5.41) is 11.5. The molecule has 1 unspecified atom stereocenters. The number of likely N-dealkylation sites (N-methyl/N-ethyl adjacent to an activating group) is 1. The number of rotatable bonds is 3. The fourth-order valence-corrected chi connectivity index (χ4v) is 1.63. The van der Waals surface area contributed by atoms with Gasteiger partial charge in [0.05, 0.1) is 0 Å². The van der Waals surface area contributed by atoms with Gasteiger partial charge in [-0.15, -0.1) is 0 Å². The molecule has 1 aromatic rings. The van der Waals surface area contributed by atoms with Gasteiger partial charge < -0.3 is 15.3 Å². The second kappa shape index (κ2) is 5.86. The number of carboxylic acid groups (broad SMARTS) is 1. The molecule has 6 heteroatoms. The molecule has 5 nitrogen and oxygen atoms in total. The zero-order chi connectivity index (χ0) is 13.9. The molecule has 1 rings (SSSR count). The van der Waals surface area contributed by atoms with Gasteiger partial charge in [-0.1, -0.05) is 22.0 Å². The number of urea groups is 1. The molecule has 98 valence electrons. The number of anilines is 1. The Hall–Kier alpha value is -1.56. The van der Waals surface area contributed by atoms with Gasteiger partial charge >= 0.3 is 12.0 Å². The second-order valence-electron chi connectivity index (χ2n) is 4.01. The number of nitrogens with zero attached hydrogens (tertiary/aromatic N) is 1. The minimum atomic E-state index is -1.04. The molecule has 0 saturated heterocycles. The number of carbonyl (C=O) groups excluding carboxylic acids is 1. The molecule has 2 N–H and O–H groups in total. The maximum atomic E-state index is 11.9. The lowest BCUT2D eigenvalue weighted by Crippen LogP contribution is -2.42. The lowest BCUT2D eigenvalue weighted by molar-refractivity contribution is -0.141. The van der Waals surface area contributed by atoms with Gasteiger partial charge in [-0.05, 0) is 31.5 Å². The predicted molar refractivity (Wildman–Crippen MR) is 72.8 cm³/mol. The number of aliphatic carboxylic acids is 1. The highest BCUT2D eigenvalue weighted by atomic mass is 79.9. The Morgan fingerprint density at radius 3 is 2.61 bits per heavy atom. The number of carboxylic acids is 1. The second-order valence-corrected chi connectivity index (χ2v) is 4.93. The van der Waals surface area contributed by atoms with Crippen molar-refractivity contribution in [2.24, 2.45) is 0 Å². The number of carbonyl (C=O) groups is 2. The third-order valence-corrected chi connectivity index (χ3v) is 3.19. The molecule has 0 heterocycles. The van der Waals surface area contributed by atoms with E-state index in [0.29, 0.717) is 5.69 Å². The average Bonchev–Trinajstić information content (AvgIpc) is 2.31. The van der Waals surface area contributed by atoms with E-state index >= 15 is 0 Å². The molecule has 0 radical (unpaired) electrons. The fraction of sp³-hybridized carbons (Fsp3) is 0.333. The SMILES string of the molecule is Cc1ccc(Br)cc1NC(=O)N(C)C(C)C(=O)O. The highest BCUT2D eigenvalue weighted by Crippen LogP contribution is 2.21. The van der Waals surface area contributed by atoms with E-state index in [4.69, 9.17) is 5.11 Å². The predicted octanol–water partition coefficient (Wildman–Crippen LogP) is 2.69. The van der Waals surface area contributed by atoms with Crippen LogP contribution in [-0.2, 0) is 4.79 Å². The summed E-state index contributed by atoms with van der Waals surface area (Å²) in [6, 6.07) is 4.17. The van der Waals surface area contributed by atoms with Gasteiger partial charge in [-0.2, -0.15) is 0 Å². The van der Waals surface area contributed by atoms with Crippen LogP contribution in [0.4, 0.5) is 10.5 Å². The first kappa shape index (κ1) is 14.5. The molecule has 0 saturated carbocycles. The van der Waals surface area contributed by atoms with Crippen molar-refractivity contribution in [2.75, 3.05) is 12.4 Å². The first-order valence-electron chi connectivity index (χ1n) is 5.35. The summed E-state index contributed by atoms with van der Waals surface area (Å²) in [5.74, 6) is -1.04. The Kier molecular flexibility index (Phi) is 4.72. The third-order valence-electron chi connectivity index (χ3n) is 2.70. The van der Waals surface area contributed by atoms with Gasteiger partial charge in [0.25, 0.3) is 0 Å². The molecule has 1 aromatic carbocycles. The first-order chi connectivity index (χ1) is 8.32. The largest absolute Gasteiger partial charge is 0.480 e. The van der Waals surface area contributed by atoms with Crippen molar-refractivity contribution in [1.29, 1.82) is 0 Å². The monoisotopic (exact) mass is 314 g/mol. The zero-order valence-electron chi connectivity index (χ0n) is 10.4. The molecule has 0 fully saturated rings. The van der Waals surface area contributed by atoms with Gasteiger partial charge in [-0.25, -0.2) is 9.59 Å². The molecule has 2 amide bonds. The smallest absolute Gasteiger partial charge is 0.326 e. The van der Waals surface area contributed by atoms with E-state index in [1.54, 1.807) is 6.07 Å². The van der Waals surface area contributed by atoms with Crippen molar-refractivity contribution in [3.05, 3.63) is 28.2 Å². The van der Waals surface area contributed by atoms with E-state index in [1.807, 2.05) is 19.1 Å². The van der Waals surface area contributed by atoms with E-state index in [2.05, 4.69) is 21.2 Å². The Morgan fingerprint density at radius 1 is 1.44 bits per heavy atom. The lowest BCUT2D eigenvalue weighted by Gasteiger charge is -2.22. The summed E-state index contributed by atoms with van der Waals surface area (Å²) in [7, 11) is 1.45. The maximum absolute atomic E-state index is 11.9. The standard InChI is InChI=1S/C12H15BrN2O3/c1-7-4-5-9(13)6-10(7)14-12(18)15(3)8(2)11(16)17/h4-6,8H,1-3H3,(H,14,18)(H,16,17). The number of hydrogen-bond acceptors (Lipinski definition) is 2. The molecule has 18 heavy (non-hydrogen) atoms. The minimum Gasteiger partial charge on any atom is -0.480 e. The van der Waals surface area contributed by atoms with Crippen molar-refractivity contribution in [3.63, 3.8) is 0 Å². The number of benzene rings is 1. The van der Waals surface area contributed by atoms with E-state index < -0.39 is 18.0 Å². The summed E-state index contributed by atoms with van der Waals surface area (Å²) < 4.78 is 0.845. The summed E-state index contributed by atoms with van der Waals surface area (Å²) in [6.45, 7) is 3.32. The molecule has 1 atom stereocenters. The van der Waals surface area contributed by atoms with Crippen LogP contribution in [0.15, 0.2) is 22.7 Å². The maximum Gasteiger partial charge on any atom is 0.326 e. The van der Waals surface area contributed by atoms with Crippen LogP contribution >= 0.6 is 15.9 Å². The summed E-state index contributed by atoms with van der Waals surface area (Å²) >= 11 is 3.32. The number of hydrogen-bond donors (Lipinski definition) is 2. The summed E-state index contributed by atoms with van der Waals surface area (Å²) in [5.41, 5.74) is 1.56. The molecular formula is C12H15BrN2O3. The normalized spacial score (nSPS) is 11.8. The highest BCUT2D eigenvalue weighted by molar-refractivity contribution is 9.10. The van der Waals surface area contributed by atoms with Crippen molar-refractivity contribution in [2.45, 2.75) is 19.9 Å². The molecule has 0 aliphatic carbocycles. The Balaban J connectivity index is 2.81. The van der Waals surface area contributed by atoms with Crippen LogP contribution in [0.5, 0.6) is 0 Å². The van der Waals surface area contributed by atoms with E-state index in [1.165, 1.54) is 14.0 Å². The van der Waals surface area contributed by atoms with Crippen molar-refractivity contribution in [3.8, 4) is 0 Å². The van der Waals surface area contributed by atoms with Crippen LogP contribution in [0, 0.1) is 6.92 Å². The van der Waals surface area contributed by atoms with Crippen molar-refractivity contribution < 1.29 is 14.7 Å². The van der Waals surface area contributed by atoms with Crippen LogP contribution in [0.3, 0.4) is 0 Å². The van der Waals surface area contributed by atoms with E-state index in [9.17, 15) is 9.59 Å². The Labute approximate surface area is 114 Å². The van der Waals surface area contributed by atoms with Gasteiger partial charge in [0, 0.05) is 17.2 Å². The zero-order valence-corrected chi connectivity index (χ0v) is 12.0. The van der Waals surface area contributed by atoms with Gasteiger partial charge in [0.15, 0.2) is 0 Å². The molecule has 0 aromatic heterocycles. The van der Waals surface area contributed by atoms with Gasteiger partial charge in [0.1, 0.15) is 6.04 Å². The van der Waals surface area contributed by atoms with E-state index in [0.717, 1.165) is 14.9 Å². The first-order valence-corrected chi connectivity index (χ1v) is 6.15. The number of amides is 2. The fourth-order valence-electron chi connectivity index (χ4n) is 1.27. The minimum absolute atomic E-state index is 0.453.